The van der Waals surface area contributed by atoms with Crippen LogP contribution in [0, 0.1) is 6.92 Å². The van der Waals surface area contributed by atoms with Gasteiger partial charge in [0.05, 0.1) is 6.10 Å². The molecule has 0 aromatic heterocycles. The Kier molecular flexibility index (Phi) is 7.06. The number of aliphatic hydroxyl groups is 1. The van der Waals surface area contributed by atoms with Crippen molar-refractivity contribution in [3.63, 3.8) is 0 Å². The average Bonchev–Trinajstić information content (AvgIpc) is 2.42. The van der Waals surface area contributed by atoms with Gasteiger partial charge in [0.1, 0.15) is 0 Å². The Labute approximate surface area is 117 Å². The van der Waals surface area contributed by atoms with E-state index in [-0.39, 0.29) is 12.1 Å². The Morgan fingerprint density at radius 2 is 1.84 bits per heavy atom. The van der Waals surface area contributed by atoms with Crippen LogP contribution in [0.5, 0.6) is 0 Å². The SMILES string of the molecule is CCN(CC)CC(O)CNC(C)c1ccccc1C. The van der Waals surface area contributed by atoms with Crippen molar-refractivity contribution < 1.29 is 5.11 Å². The van der Waals surface area contributed by atoms with E-state index in [1.54, 1.807) is 0 Å². The first-order valence-electron chi connectivity index (χ1n) is 7.27. The summed E-state index contributed by atoms with van der Waals surface area (Å²) in [5, 5.41) is 13.5. The molecule has 3 nitrogen and oxygen atoms in total. The Morgan fingerprint density at radius 3 is 2.42 bits per heavy atom. The summed E-state index contributed by atoms with van der Waals surface area (Å²) in [6, 6.07) is 8.66. The predicted octanol–water partition coefficient (Wildman–Crippen LogP) is 2.35. The summed E-state index contributed by atoms with van der Waals surface area (Å²) in [4.78, 5) is 2.24. The predicted molar refractivity (Wildman–Crippen MR) is 81.4 cm³/mol. The highest BCUT2D eigenvalue weighted by atomic mass is 16.3. The maximum Gasteiger partial charge on any atom is 0.0791 e. The van der Waals surface area contributed by atoms with E-state index >= 15 is 0 Å². The summed E-state index contributed by atoms with van der Waals surface area (Å²) in [5.74, 6) is 0. The molecule has 2 atom stereocenters. The van der Waals surface area contributed by atoms with Gasteiger partial charge in [-0.15, -0.1) is 0 Å². The van der Waals surface area contributed by atoms with Crippen LogP contribution in [0.2, 0.25) is 0 Å². The fourth-order valence-electron chi connectivity index (χ4n) is 2.34. The van der Waals surface area contributed by atoms with Crippen molar-refractivity contribution in [2.75, 3.05) is 26.2 Å². The van der Waals surface area contributed by atoms with E-state index < -0.39 is 0 Å². The van der Waals surface area contributed by atoms with Gasteiger partial charge in [0, 0.05) is 19.1 Å². The third-order valence-electron chi connectivity index (χ3n) is 3.68. The number of aliphatic hydroxyl groups excluding tert-OH is 1. The number of likely N-dealkylation sites (N-methyl/N-ethyl adjacent to an activating group) is 1. The number of nitrogens with one attached hydrogen (secondary N) is 1. The summed E-state index contributed by atoms with van der Waals surface area (Å²) >= 11 is 0. The molecule has 0 saturated carbocycles. The molecule has 0 aliphatic carbocycles. The van der Waals surface area contributed by atoms with Gasteiger partial charge in [-0.2, -0.15) is 0 Å². The molecule has 1 aromatic carbocycles. The van der Waals surface area contributed by atoms with Gasteiger partial charge < -0.3 is 15.3 Å². The van der Waals surface area contributed by atoms with Crippen LogP contribution < -0.4 is 5.32 Å². The Bertz CT molecular complexity index is 364. The molecule has 0 heterocycles. The number of aryl methyl sites for hydroxylation is 1. The fraction of sp³-hybridized carbons (Fsp3) is 0.625. The topological polar surface area (TPSA) is 35.5 Å². The molecule has 0 aliphatic heterocycles. The van der Waals surface area contributed by atoms with Crippen molar-refractivity contribution in [3.05, 3.63) is 35.4 Å². The first kappa shape index (κ1) is 16.2. The molecule has 0 bridgehead atoms. The first-order chi connectivity index (χ1) is 9.08. The summed E-state index contributed by atoms with van der Waals surface area (Å²) in [6.45, 7) is 11.9. The molecule has 0 saturated heterocycles. The maximum absolute atomic E-state index is 10.0. The van der Waals surface area contributed by atoms with Crippen LogP contribution in [-0.4, -0.2) is 42.3 Å². The lowest BCUT2D eigenvalue weighted by Gasteiger charge is -2.24. The minimum absolute atomic E-state index is 0.271. The number of hydrogen-bond acceptors (Lipinski definition) is 3. The summed E-state index contributed by atoms with van der Waals surface area (Å²) in [7, 11) is 0. The highest BCUT2D eigenvalue weighted by molar-refractivity contribution is 5.28. The minimum Gasteiger partial charge on any atom is -0.390 e. The molecule has 108 valence electrons. The molecular weight excluding hydrogens is 236 g/mol. The van der Waals surface area contributed by atoms with Gasteiger partial charge >= 0.3 is 0 Å². The van der Waals surface area contributed by atoms with E-state index in [2.05, 4.69) is 62.2 Å². The third kappa shape index (κ3) is 5.31. The quantitative estimate of drug-likeness (QED) is 0.756. The highest BCUT2D eigenvalue weighted by Gasteiger charge is 2.12. The van der Waals surface area contributed by atoms with Gasteiger partial charge in [0.2, 0.25) is 0 Å². The van der Waals surface area contributed by atoms with Crippen LogP contribution in [-0.2, 0) is 0 Å². The second-order valence-electron chi connectivity index (χ2n) is 5.13. The molecule has 0 radical (unpaired) electrons. The molecule has 0 spiro atoms. The molecule has 0 aliphatic rings. The third-order valence-corrected chi connectivity index (χ3v) is 3.68. The monoisotopic (exact) mass is 264 g/mol. The van der Waals surface area contributed by atoms with Gasteiger partial charge in [-0.05, 0) is 38.1 Å². The van der Waals surface area contributed by atoms with Crippen LogP contribution in [0.1, 0.15) is 37.9 Å². The zero-order chi connectivity index (χ0) is 14.3. The van der Waals surface area contributed by atoms with Crippen molar-refractivity contribution in [3.8, 4) is 0 Å². The zero-order valence-electron chi connectivity index (χ0n) is 12.7. The lowest BCUT2D eigenvalue weighted by Crippen LogP contribution is -2.39. The van der Waals surface area contributed by atoms with Crippen molar-refractivity contribution in [1.29, 1.82) is 0 Å². The van der Waals surface area contributed by atoms with Crippen LogP contribution >= 0.6 is 0 Å². The van der Waals surface area contributed by atoms with Crippen molar-refractivity contribution in [2.24, 2.45) is 0 Å². The lowest BCUT2D eigenvalue weighted by atomic mass is 10.0. The van der Waals surface area contributed by atoms with Crippen LogP contribution in [0.4, 0.5) is 0 Å². The van der Waals surface area contributed by atoms with Gasteiger partial charge in [0.15, 0.2) is 0 Å². The Hall–Kier alpha value is -0.900. The molecule has 2 unspecified atom stereocenters. The normalized spacial score (nSPS) is 14.6. The number of hydrogen-bond donors (Lipinski definition) is 2. The van der Waals surface area contributed by atoms with E-state index in [1.165, 1.54) is 11.1 Å². The Morgan fingerprint density at radius 1 is 1.21 bits per heavy atom. The van der Waals surface area contributed by atoms with E-state index in [4.69, 9.17) is 0 Å². The maximum atomic E-state index is 10.0. The van der Waals surface area contributed by atoms with Crippen LogP contribution in [0.15, 0.2) is 24.3 Å². The standard InChI is InChI=1S/C16H28N2O/c1-5-18(6-2)12-15(19)11-17-14(4)16-10-8-7-9-13(16)3/h7-10,14-15,17,19H,5-6,11-12H2,1-4H3. The average molecular weight is 264 g/mol. The second kappa shape index (κ2) is 8.31. The summed E-state index contributed by atoms with van der Waals surface area (Å²) in [6.07, 6.45) is -0.314. The van der Waals surface area contributed by atoms with E-state index in [0.29, 0.717) is 6.54 Å². The minimum atomic E-state index is -0.314. The Balaban J connectivity index is 2.42. The fourth-order valence-corrected chi connectivity index (χ4v) is 2.34. The molecule has 2 N–H and O–H groups in total. The second-order valence-corrected chi connectivity index (χ2v) is 5.13. The number of rotatable bonds is 8. The largest absolute Gasteiger partial charge is 0.390 e. The molecule has 19 heavy (non-hydrogen) atoms. The lowest BCUT2D eigenvalue weighted by molar-refractivity contribution is 0.114. The molecule has 1 rings (SSSR count). The number of nitrogens with zero attached hydrogens (tertiary/aromatic N) is 1. The van der Waals surface area contributed by atoms with E-state index in [9.17, 15) is 5.11 Å². The van der Waals surface area contributed by atoms with Crippen molar-refractivity contribution >= 4 is 0 Å². The number of benzene rings is 1. The zero-order valence-corrected chi connectivity index (χ0v) is 12.7. The van der Waals surface area contributed by atoms with Gasteiger partial charge in [-0.3, -0.25) is 0 Å². The van der Waals surface area contributed by atoms with Crippen LogP contribution in [0.25, 0.3) is 0 Å². The van der Waals surface area contributed by atoms with Crippen molar-refractivity contribution in [1.82, 2.24) is 10.2 Å². The van der Waals surface area contributed by atoms with Gasteiger partial charge in [0.25, 0.3) is 0 Å². The molecule has 0 fully saturated rings. The molecular formula is C16H28N2O. The molecule has 0 amide bonds. The highest BCUT2D eigenvalue weighted by Crippen LogP contribution is 2.16. The smallest absolute Gasteiger partial charge is 0.0791 e. The van der Waals surface area contributed by atoms with Gasteiger partial charge in [-0.1, -0.05) is 38.1 Å². The summed E-state index contributed by atoms with van der Waals surface area (Å²) in [5.41, 5.74) is 2.60. The summed E-state index contributed by atoms with van der Waals surface area (Å²) < 4.78 is 0. The van der Waals surface area contributed by atoms with Gasteiger partial charge in [-0.25, -0.2) is 0 Å². The molecule has 1 aromatic rings. The van der Waals surface area contributed by atoms with Crippen molar-refractivity contribution in [2.45, 2.75) is 39.8 Å². The van der Waals surface area contributed by atoms with E-state index in [1.807, 2.05) is 0 Å². The van der Waals surface area contributed by atoms with E-state index in [0.717, 1.165) is 19.6 Å². The van der Waals surface area contributed by atoms with Crippen LogP contribution in [0.3, 0.4) is 0 Å². The first-order valence-corrected chi connectivity index (χ1v) is 7.27. The molecule has 3 heteroatoms.